The molecular weight excluding hydrogens is 286 g/mol. The quantitative estimate of drug-likeness (QED) is 0.846. The van der Waals surface area contributed by atoms with Crippen LogP contribution in [0.2, 0.25) is 0 Å². The lowest BCUT2D eigenvalue weighted by atomic mass is 9.91. The van der Waals surface area contributed by atoms with Crippen molar-refractivity contribution in [3.8, 4) is 0 Å². The molecule has 0 aliphatic carbocycles. The van der Waals surface area contributed by atoms with E-state index in [2.05, 4.69) is 4.72 Å². The van der Waals surface area contributed by atoms with E-state index in [1.165, 1.54) is 0 Å². The highest BCUT2D eigenvalue weighted by molar-refractivity contribution is 7.89. The van der Waals surface area contributed by atoms with Crippen molar-refractivity contribution in [1.29, 1.82) is 0 Å². The summed E-state index contributed by atoms with van der Waals surface area (Å²) < 4.78 is 53.8. The first-order valence-corrected chi connectivity index (χ1v) is 7.79. The number of nitrogens with one attached hydrogen (secondary N) is 1. The average molecular weight is 306 g/mol. The molecule has 0 amide bonds. The first-order chi connectivity index (χ1) is 9.14. The maximum atomic E-state index is 14.0. The molecule has 0 atom stereocenters. The third-order valence-electron chi connectivity index (χ3n) is 3.34. The van der Waals surface area contributed by atoms with Crippen LogP contribution >= 0.6 is 0 Å². The molecule has 0 aliphatic heterocycles. The highest BCUT2D eigenvalue weighted by atomic mass is 32.2. The van der Waals surface area contributed by atoms with Crippen LogP contribution < -0.4 is 10.5 Å². The summed E-state index contributed by atoms with van der Waals surface area (Å²) >= 11 is 0. The first kappa shape index (κ1) is 17.0. The molecule has 1 aromatic carbocycles. The highest BCUT2D eigenvalue weighted by Crippen LogP contribution is 2.23. The Kier molecular flexibility index (Phi) is 5.23. The molecule has 0 fully saturated rings. The Hall–Kier alpha value is -1.05. The van der Waals surface area contributed by atoms with Gasteiger partial charge in [-0.1, -0.05) is 20.8 Å². The van der Waals surface area contributed by atoms with Gasteiger partial charge in [-0.05, 0) is 24.0 Å². The van der Waals surface area contributed by atoms with E-state index in [1.54, 1.807) is 0 Å². The number of halogens is 2. The summed E-state index contributed by atoms with van der Waals surface area (Å²) in [5.41, 5.74) is 4.56. The fourth-order valence-corrected chi connectivity index (χ4v) is 2.81. The van der Waals surface area contributed by atoms with Crippen LogP contribution in [0, 0.1) is 17.0 Å². The van der Waals surface area contributed by atoms with E-state index < -0.39 is 38.7 Å². The predicted octanol–water partition coefficient (Wildman–Crippen LogP) is 2.14. The molecule has 0 aliphatic rings. The Bertz CT molecular complexity index is 586. The van der Waals surface area contributed by atoms with Crippen molar-refractivity contribution in [2.75, 3.05) is 6.54 Å². The maximum absolute atomic E-state index is 14.0. The van der Waals surface area contributed by atoms with Gasteiger partial charge >= 0.3 is 0 Å². The normalized spacial score (nSPS) is 12.7. The van der Waals surface area contributed by atoms with Gasteiger partial charge in [-0.2, -0.15) is 0 Å². The Morgan fingerprint density at radius 1 is 1.30 bits per heavy atom. The summed E-state index contributed by atoms with van der Waals surface area (Å²) in [6.07, 6.45) is 0.759. The van der Waals surface area contributed by atoms with Crippen molar-refractivity contribution in [3.05, 3.63) is 29.3 Å². The minimum atomic E-state index is -4.03. The predicted molar refractivity (Wildman–Crippen MR) is 73.5 cm³/mol. The lowest BCUT2D eigenvalue weighted by Crippen LogP contribution is -2.34. The molecule has 0 spiro atoms. The van der Waals surface area contributed by atoms with E-state index >= 15 is 0 Å². The molecule has 0 saturated heterocycles. The van der Waals surface area contributed by atoms with Gasteiger partial charge in [0.15, 0.2) is 5.82 Å². The number of hydrogen-bond acceptors (Lipinski definition) is 3. The Morgan fingerprint density at radius 2 is 1.90 bits per heavy atom. The van der Waals surface area contributed by atoms with Crippen LogP contribution in [0.15, 0.2) is 17.0 Å². The van der Waals surface area contributed by atoms with E-state index in [-0.39, 0.29) is 12.0 Å². The molecule has 0 bridgehead atoms. The Labute approximate surface area is 118 Å². The number of nitrogens with two attached hydrogens (primary N) is 1. The van der Waals surface area contributed by atoms with Gasteiger partial charge in [-0.15, -0.1) is 0 Å². The molecule has 0 radical (unpaired) electrons. The van der Waals surface area contributed by atoms with Crippen molar-refractivity contribution in [2.24, 2.45) is 11.1 Å². The number of rotatable bonds is 6. The molecule has 0 saturated carbocycles. The Morgan fingerprint density at radius 3 is 2.40 bits per heavy atom. The van der Waals surface area contributed by atoms with Gasteiger partial charge in [-0.25, -0.2) is 21.9 Å². The molecule has 114 valence electrons. The van der Waals surface area contributed by atoms with Gasteiger partial charge < -0.3 is 5.73 Å². The summed E-state index contributed by atoms with van der Waals surface area (Å²) in [4.78, 5) is -0.578. The van der Waals surface area contributed by atoms with Crippen LogP contribution in [0.25, 0.3) is 0 Å². The van der Waals surface area contributed by atoms with Gasteiger partial charge in [-0.3, -0.25) is 0 Å². The molecule has 3 N–H and O–H groups in total. The molecule has 0 unspecified atom stereocenters. The third-order valence-corrected chi connectivity index (χ3v) is 4.76. The first-order valence-electron chi connectivity index (χ1n) is 6.31. The van der Waals surface area contributed by atoms with E-state index in [0.29, 0.717) is 0 Å². The molecule has 7 heteroatoms. The van der Waals surface area contributed by atoms with E-state index in [4.69, 9.17) is 5.73 Å². The monoisotopic (exact) mass is 306 g/mol. The lowest BCUT2D eigenvalue weighted by Gasteiger charge is -2.23. The van der Waals surface area contributed by atoms with Gasteiger partial charge in [0.05, 0.1) is 0 Å². The molecule has 4 nitrogen and oxygen atoms in total. The zero-order chi connectivity index (χ0) is 15.6. The largest absolute Gasteiger partial charge is 0.326 e. The second-order valence-electron chi connectivity index (χ2n) is 5.38. The highest BCUT2D eigenvalue weighted by Gasteiger charge is 2.25. The summed E-state index contributed by atoms with van der Waals surface area (Å²) in [7, 11) is -4.03. The SMILES string of the molecule is CCC(C)(C)CNS(=O)(=O)c1ccc(F)c(CN)c1F. The fourth-order valence-electron chi connectivity index (χ4n) is 1.46. The fraction of sp³-hybridized carbons (Fsp3) is 0.538. The van der Waals surface area contributed by atoms with E-state index in [0.717, 1.165) is 18.6 Å². The molecular formula is C13H20F2N2O2S. The lowest BCUT2D eigenvalue weighted by molar-refractivity contribution is 0.350. The van der Waals surface area contributed by atoms with Crippen LogP contribution in [-0.2, 0) is 16.6 Å². The maximum Gasteiger partial charge on any atom is 0.243 e. The van der Waals surface area contributed by atoms with Gasteiger partial charge in [0.25, 0.3) is 0 Å². The number of benzene rings is 1. The summed E-state index contributed by atoms with van der Waals surface area (Å²) in [5, 5.41) is 0. The average Bonchev–Trinajstić information content (AvgIpc) is 2.37. The zero-order valence-electron chi connectivity index (χ0n) is 11.8. The van der Waals surface area contributed by atoms with Crippen LogP contribution in [0.5, 0.6) is 0 Å². The van der Waals surface area contributed by atoms with Gasteiger partial charge in [0.2, 0.25) is 10.0 Å². The molecule has 1 rings (SSSR count). The van der Waals surface area contributed by atoms with Crippen molar-refractivity contribution in [3.63, 3.8) is 0 Å². The topological polar surface area (TPSA) is 72.2 Å². The standard InChI is InChI=1S/C13H20F2N2O2S/c1-4-13(2,3)8-17-20(18,19)11-6-5-10(14)9(7-16)12(11)15/h5-6,17H,4,7-8,16H2,1-3H3. The van der Waals surface area contributed by atoms with Gasteiger partial charge in [0, 0.05) is 18.7 Å². The van der Waals surface area contributed by atoms with Crippen molar-refractivity contribution < 1.29 is 17.2 Å². The minimum absolute atomic E-state index is 0.167. The summed E-state index contributed by atoms with van der Waals surface area (Å²) in [6, 6.07) is 1.82. The molecule has 20 heavy (non-hydrogen) atoms. The third kappa shape index (κ3) is 3.74. The van der Waals surface area contributed by atoms with Crippen LogP contribution in [0.3, 0.4) is 0 Å². The number of hydrogen-bond donors (Lipinski definition) is 2. The molecule has 1 aromatic rings. The Balaban J connectivity index is 3.11. The van der Waals surface area contributed by atoms with Crippen LogP contribution in [0.4, 0.5) is 8.78 Å². The second kappa shape index (κ2) is 6.15. The van der Waals surface area contributed by atoms with Crippen LogP contribution in [0.1, 0.15) is 32.8 Å². The van der Waals surface area contributed by atoms with Crippen LogP contribution in [-0.4, -0.2) is 15.0 Å². The van der Waals surface area contributed by atoms with E-state index in [9.17, 15) is 17.2 Å². The van der Waals surface area contributed by atoms with Crippen molar-refractivity contribution in [2.45, 2.75) is 38.6 Å². The molecule has 0 heterocycles. The smallest absolute Gasteiger partial charge is 0.243 e. The second-order valence-corrected chi connectivity index (χ2v) is 7.12. The summed E-state index contributed by atoms with van der Waals surface area (Å²) in [5.74, 6) is -1.98. The molecule has 0 aromatic heterocycles. The van der Waals surface area contributed by atoms with E-state index in [1.807, 2.05) is 20.8 Å². The van der Waals surface area contributed by atoms with Crippen molar-refractivity contribution in [1.82, 2.24) is 4.72 Å². The minimum Gasteiger partial charge on any atom is -0.326 e. The zero-order valence-corrected chi connectivity index (χ0v) is 12.7. The van der Waals surface area contributed by atoms with Crippen molar-refractivity contribution >= 4 is 10.0 Å². The van der Waals surface area contributed by atoms with Gasteiger partial charge in [0.1, 0.15) is 10.7 Å². The number of sulfonamides is 1. The summed E-state index contributed by atoms with van der Waals surface area (Å²) in [6.45, 7) is 5.48.